The van der Waals surface area contributed by atoms with Crippen LogP contribution in [0.5, 0.6) is 0 Å². The number of nitrogens with zero attached hydrogens (tertiary/aromatic N) is 1. The van der Waals surface area contributed by atoms with Gasteiger partial charge in [-0.3, -0.25) is 14.6 Å². The second kappa shape index (κ2) is 14.1. The molecule has 8 heteroatoms. The molecule has 35 heavy (non-hydrogen) atoms. The average molecular weight is 484 g/mol. The van der Waals surface area contributed by atoms with E-state index in [1.54, 1.807) is 0 Å². The number of aliphatic carboxylic acids is 1. The van der Waals surface area contributed by atoms with Gasteiger partial charge in [0, 0.05) is 13.0 Å². The summed E-state index contributed by atoms with van der Waals surface area (Å²) >= 11 is 0. The number of carboxylic acid groups (broad SMARTS) is 1. The number of amides is 1. The van der Waals surface area contributed by atoms with Gasteiger partial charge in [0.05, 0.1) is 0 Å². The second-order valence-electron chi connectivity index (χ2n) is 8.72. The van der Waals surface area contributed by atoms with E-state index in [1.807, 2.05) is 60.7 Å². The number of ether oxygens (including phenoxy) is 1. The first-order chi connectivity index (χ1) is 17.0. The van der Waals surface area contributed by atoms with Gasteiger partial charge in [-0.25, -0.2) is 9.59 Å². The zero-order chi connectivity index (χ0) is 24.9. The van der Waals surface area contributed by atoms with E-state index in [4.69, 9.17) is 14.5 Å². The molecule has 2 aromatic rings. The molecule has 0 saturated carbocycles. The Balaban J connectivity index is 1.30. The molecule has 8 nitrogen and oxygen atoms in total. The van der Waals surface area contributed by atoms with Crippen LogP contribution in [0.3, 0.4) is 0 Å². The molecule has 1 aliphatic heterocycles. The molecule has 1 amide bonds. The minimum atomic E-state index is -1.03. The molecule has 1 N–H and O–H groups in total. The molecule has 2 aromatic carbocycles. The van der Waals surface area contributed by atoms with Crippen LogP contribution in [0.25, 0.3) is 0 Å². The molecule has 0 spiro atoms. The monoisotopic (exact) mass is 483 g/mol. The van der Waals surface area contributed by atoms with Crippen LogP contribution in [-0.2, 0) is 37.3 Å². The van der Waals surface area contributed by atoms with Crippen LogP contribution in [0.4, 0.5) is 4.79 Å². The first-order valence-corrected chi connectivity index (χ1v) is 12.1. The molecule has 1 fully saturated rings. The van der Waals surface area contributed by atoms with Crippen LogP contribution < -0.4 is 0 Å². The van der Waals surface area contributed by atoms with E-state index in [0.29, 0.717) is 25.8 Å². The lowest BCUT2D eigenvalue weighted by Gasteiger charge is -2.23. The summed E-state index contributed by atoms with van der Waals surface area (Å²) in [5, 5.41) is 9.70. The van der Waals surface area contributed by atoms with E-state index in [9.17, 15) is 19.5 Å². The number of rotatable bonds is 13. The van der Waals surface area contributed by atoms with Crippen LogP contribution >= 0.6 is 0 Å². The Morgan fingerprint density at radius 1 is 0.857 bits per heavy atom. The van der Waals surface area contributed by atoms with Gasteiger partial charge in [0.15, 0.2) is 0 Å². The topological polar surface area (TPSA) is 102 Å². The van der Waals surface area contributed by atoms with Crippen molar-refractivity contribution in [2.45, 2.75) is 64.2 Å². The molecule has 2 unspecified atom stereocenters. The zero-order valence-corrected chi connectivity index (χ0v) is 19.8. The first kappa shape index (κ1) is 26.2. The fraction of sp³-hybridized carbons (Fsp3) is 0.444. The van der Waals surface area contributed by atoms with Gasteiger partial charge < -0.3 is 9.84 Å². The third-order valence-electron chi connectivity index (χ3n) is 6.16. The third-order valence-corrected chi connectivity index (χ3v) is 6.16. The molecule has 0 bridgehead atoms. The quantitative estimate of drug-likeness (QED) is 0.183. The number of carbonyl (C=O) groups excluding carboxylic acids is 2. The molecule has 188 valence electrons. The highest BCUT2D eigenvalue weighted by Crippen LogP contribution is 2.30. The largest absolute Gasteiger partial charge is 0.480 e. The summed E-state index contributed by atoms with van der Waals surface area (Å²) in [5.74, 6) is -1.38. The van der Waals surface area contributed by atoms with E-state index in [1.165, 1.54) is 4.90 Å². The Morgan fingerprint density at radius 3 is 2.14 bits per heavy atom. The Morgan fingerprint density at radius 2 is 1.49 bits per heavy atom. The highest BCUT2D eigenvalue weighted by Gasteiger charge is 2.42. The summed E-state index contributed by atoms with van der Waals surface area (Å²) in [6.07, 6.45) is 4.23. The molecule has 1 heterocycles. The summed E-state index contributed by atoms with van der Waals surface area (Å²) in [6.45, 7) is 0.706. The minimum Gasteiger partial charge on any atom is -0.480 e. The third kappa shape index (κ3) is 8.72. The van der Waals surface area contributed by atoms with Crippen LogP contribution in [0.15, 0.2) is 60.7 Å². The van der Waals surface area contributed by atoms with Crippen molar-refractivity contribution < 1.29 is 34.0 Å². The Labute approximate surface area is 205 Å². The normalized spacial score (nSPS) is 17.2. The van der Waals surface area contributed by atoms with Crippen molar-refractivity contribution in [3.05, 3.63) is 71.8 Å². The van der Waals surface area contributed by atoms with Crippen LogP contribution in [0, 0.1) is 5.92 Å². The number of unbranched alkanes of at least 4 members (excludes halogenated alkanes) is 3. The molecule has 1 saturated heterocycles. The van der Waals surface area contributed by atoms with Crippen molar-refractivity contribution in [2.24, 2.45) is 5.92 Å². The molecule has 0 aliphatic carbocycles. The smallest absolute Gasteiger partial charge is 0.442 e. The summed E-state index contributed by atoms with van der Waals surface area (Å²) in [5.41, 5.74) is 1.81. The molecule has 2 atom stereocenters. The molecule has 0 aromatic heterocycles. The maximum atomic E-state index is 12.4. The van der Waals surface area contributed by atoms with E-state index >= 15 is 0 Å². The number of esters is 1. The number of carbonyl (C=O) groups is 3. The van der Waals surface area contributed by atoms with Crippen molar-refractivity contribution in [2.75, 3.05) is 6.54 Å². The number of hydrogen-bond donors (Lipinski definition) is 1. The Hall–Kier alpha value is -3.39. The number of benzene rings is 2. The van der Waals surface area contributed by atoms with Gasteiger partial charge in [0.2, 0.25) is 0 Å². The predicted molar refractivity (Wildman–Crippen MR) is 128 cm³/mol. The average Bonchev–Trinajstić information content (AvgIpc) is 3.30. The summed E-state index contributed by atoms with van der Waals surface area (Å²) < 4.78 is 5.28. The SMILES string of the molecule is O=C(CCCCCCC1CCN(C(=O)OOCc2ccccc2)C1C(=O)O)OCc1ccccc1. The van der Waals surface area contributed by atoms with Gasteiger partial charge in [-0.2, -0.15) is 4.89 Å². The van der Waals surface area contributed by atoms with E-state index < -0.39 is 18.1 Å². The van der Waals surface area contributed by atoms with E-state index in [2.05, 4.69) is 0 Å². The summed E-state index contributed by atoms with van der Waals surface area (Å²) in [6, 6.07) is 17.9. The number of likely N-dealkylation sites (tertiary alicyclic amines) is 1. The van der Waals surface area contributed by atoms with Crippen molar-refractivity contribution >= 4 is 18.0 Å². The van der Waals surface area contributed by atoms with Crippen molar-refractivity contribution in [3.63, 3.8) is 0 Å². The standard InChI is InChI=1S/C27H33NO7/c29-24(33-19-21-11-5-3-6-12-21)16-10-2-1-9-15-23-17-18-28(25(23)26(30)31)27(32)35-34-20-22-13-7-4-8-14-22/h3-8,11-14,23,25H,1-2,9-10,15-20H2,(H,30,31). The summed E-state index contributed by atoms with van der Waals surface area (Å²) in [4.78, 5) is 47.3. The fourth-order valence-corrected chi connectivity index (χ4v) is 4.31. The van der Waals surface area contributed by atoms with Gasteiger partial charge in [-0.1, -0.05) is 79.9 Å². The van der Waals surface area contributed by atoms with Crippen LogP contribution in [-0.4, -0.2) is 40.6 Å². The van der Waals surface area contributed by atoms with Crippen LogP contribution in [0.1, 0.15) is 56.1 Å². The van der Waals surface area contributed by atoms with Gasteiger partial charge in [0.25, 0.3) is 0 Å². The Kier molecular flexibility index (Phi) is 10.6. The molecule has 1 aliphatic rings. The lowest BCUT2D eigenvalue weighted by atomic mass is 9.93. The molecular formula is C27H33NO7. The zero-order valence-electron chi connectivity index (χ0n) is 19.8. The Bertz CT molecular complexity index is 935. The van der Waals surface area contributed by atoms with Gasteiger partial charge in [-0.15, -0.1) is 0 Å². The van der Waals surface area contributed by atoms with Crippen molar-refractivity contribution in [1.82, 2.24) is 4.90 Å². The van der Waals surface area contributed by atoms with Crippen molar-refractivity contribution in [1.29, 1.82) is 0 Å². The first-order valence-electron chi connectivity index (χ1n) is 12.1. The van der Waals surface area contributed by atoms with Gasteiger partial charge in [0.1, 0.15) is 19.3 Å². The highest BCUT2D eigenvalue weighted by molar-refractivity contribution is 5.81. The lowest BCUT2D eigenvalue weighted by molar-refractivity contribution is -0.256. The fourth-order valence-electron chi connectivity index (χ4n) is 4.31. The number of carboxylic acids is 1. The molecular weight excluding hydrogens is 450 g/mol. The summed E-state index contributed by atoms with van der Waals surface area (Å²) in [7, 11) is 0. The predicted octanol–water partition coefficient (Wildman–Crippen LogP) is 5.11. The maximum absolute atomic E-state index is 12.4. The van der Waals surface area contributed by atoms with Crippen molar-refractivity contribution in [3.8, 4) is 0 Å². The number of hydrogen-bond acceptors (Lipinski definition) is 6. The van der Waals surface area contributed by atoms with E-state index in [0.717, 1.165) is 36.8 Å². The van der Waals surface area contributed by atoms with Crippen LogP contribution in [0.2, 0.25) is 0 Å². The second-order valence-corrected chi connectivity index (χ2v) is 8.72. The molecule has 0 radical (unpaired) electrons. The maximum Gasteiger partial charge on any atom is 0.442 e. The van der Waals surface area contributed by atoms with E-state index in [-0.39, 0.29) is 25.1 Å². The lowest BCUT2D eigenvalue weighted by Crippen LogP contribution is -2.43. The van der Waals surface area contributed by atoms with Gasteiger partial charge >= 0.3 is 18.0 Å². The minimum absolute atomic E-state index is 0.0986. The highest BCUT2D eigenvalue weighted by atomic mass is 17.2. The van der Waals surface area contributed by atoms with Gasteiger partial charge in [-0.05, 0) is 36.3 Å². The molecule has 3 rings (SSSR count).